The monoisotopic (exact) mass is 428 g/mol. The number of hydrogen-bond donors (Lipinski definition) is 1. The van der Waals surface area contributed by atoms with Crippen LogP contribution in [0.5, 0.6) is 5.75 Å². The third-order valence-corrected chi connectivity index (χ3v) is 4.96. The molecule has 0 atom stereocenters. The Hall–Kier alpha value is -3.66. The molecule has 1 fully saturated rings. The van der Waals surface area contributed by atoms with Crippen LogP contribution >= 0.6 is 0 Å². The van der Waals surface area contributed by atoms with Crippen molar-refractivity contribution in [2.45, 2.75) is 0 Å². The third kappa shape index (κ3) is 5.48. The first-order valence-electron chi connectivity index (χ1n) is 9.71. The number of anilines is 2. The molecule has 3 rings (SSSR count). The van der Waals surface area contributed by atoms with Gasteiger partial charge in [0.1, 0.15) is 0 Å². The van der Waals surface area contributed by atoms with Crippen LogP contribution in [-0.4, -0.2) is 68.6 Å². The number of nitro benzene ring substituents is 1. The maximum absolute atomic E-state index is 12.6. The Morgan fingerprint density at radius 1 is 1.13 bits per heavy atom. The number of para-hydroxylation sites is 2. The molecular weight excluding hydrogens is 404 g/mol. The highest BCUT2D eigenvalue weighted by Gasteiger charge is 2.21. The maximum Gasteiger partial charge on any atom is 0.337 e. The van der Waals surface area contributed by atoms with Crippen LogP contribution in [0, 0.1) is 10.1 Å². The summed E-state index contributed by atoms with van der Waals surface area (Å²) in [5, 5.41) is 13.9. The van der Waals surface area contributed by atoms with Crippen LogP contribution in [0.2, 0.25) is 0 Å². The summed E-state index contributed by atoms with van der Waals surface area (Å²) >= 11 is 0. The lowest BCUT2D eigenvalue weighted by atomic mass is 10.1. The van der Waals surface area contributed by atoms with Crippen LogP contribution in [-0.2, 0) is 9.53 Å². The SMILES string of the molecule is COC(=O)c1ccc(N2CCN(C)CC2)c(NC(=O)COc2ccccc2[N+](=O)[O-])c1. The van der Waals surface area contributed by atoms with Crippen molar-refractivity contribution in [3.63, 3.8) is 0 Å². The highest BCUT2D eigenvalue weighted by atomic mass is 16.6. The topological polar surface area (TPSA) is 114 Å². The Morgan fingerprint density at radius 2 is 1.84 bits per heavy atom. The number of rotatable bonds is 7. The molecule has 0 aromatic heterocycles. The fourth-order valence-electron chi connectivity index (χ4n) is 3.26. The Morgan fingerprint density at radius 3 is 2.52 bits per heavy atom. The second-order valence-electron chi connectivity index (χ2n) is 7.08. The number of nitrogens with one attached hydrogen (secondary N) is 1. The fourth-order valence-corrected chi connectivity index (χ4v) is 3.26. The number of nitrogens with zero attached hydrogens (tertiary/aromatic N) is 3. The first kappa shape index (κ1) is 22.0. The predicted octanol–water partition coefficient (Wildman–Crippen LogP) is 2.15. The molecule has 0 saturated carbocycles. The summed E-state index contributed by atoms with van der Waals surface area (Å²) in [6.45, 7) is 2.85. The van der Waals surface area contributed by atoms with Gasteiger partial charge in [0.05, 0.1) is 29.0 Å². The molecule has 0 spiro atoms. The van der Waals surface area contributed by atoms with Gasteiger partial charge in [0.2, 0.25) is 0 Å². The number of nitro groups is 1. The Labute approximate surface area is 179 Å². The molecule has 2 aromatic carbocycles. The normalized spacial score (nSPS) is 14.1. The summed E-state index contributed by atoms with van der Waals surface area (Å²) < 4.78 is 10.1. The minimum Gasteiger partial charge on any atom is -0.477 e. The third-order valence-electron chi connectivity index (χ3n) is 4.96. The second-order valence-corrected chi connectivity index (χ2v) is 7.08. The summed E-state index contributed by atoms with van der Waals surface area (Å²) in [4.78, 5) is 39.4. The number of methoxy groups -OCH3 is 1. The van der Waals surface area contributed by atoms with Crippen molar-refractivity contribution in [3.05, 3.63) is 58.1 Å². The van der Waals surface area contributed by atoms with Crippen LogP contribution in [0.1, 0.15) is 10.4 Å². The Kier molecular flexibility index (Phi) is 7.03. The Balaban J connectivity index is 1.77. The molecular formula is C21H24N4O6. The maximum atomic E-state index is 12.6. The molecule has 1 saturated heterocycles. The number of hydrogen-bond acceptors (Lipinski definition) is 8. The molecule has 0 radical (unpaired) electrons. The van der Waals surface area contributed by atoms with Crippen molar-refractivity contribution in [1.29, 1.82) is 0 Å². The van der Waals surface area contributed by atoms with E-state index in [9.17, 15) is 19.7 Å². The zero-order valence-electron chi connectivity index (χ0n) is 17.4. The highest BCUT2D eigenvalue weighted by molar-refractivity contribution is 5.98. The largest absolute Gasteiger partial charge is 0.477 e. The molecule has 1 aliphatic heterocycles. The van der Waals surface area contributed by atoms with Crippen molar-refractivity contribution in [3.8, 4) is 5.75 Å². The molecule has 10 nitrogen and oxygen atoms in total. The number of carbonyl (C=O) groups excluding carboxylic acids is 2. The van der Waals surface area contributed by atoms with E-state index in [1.165, 1.54) is 25.3 Å². The molecule has 164 valence electrons. The van der Waals surface area contributed by atoms with Gasteiger partial charge in [-0.05, 0) is 31.3 Å². The van der Waals surface area contributed by atoms with Gasteiger partial charge in [0, 0.05) is 32.2 Å². The second kappa shape index (κ2) is 9.90. The van der Waals surface area contributed by atoms with Crippen molar-refractivity contribution in [1.82, 2.24) is 4.90 Å². The zero-order chi connectivity index (χ0) is 22.4. The molecule has 1 aliphatic rings. The quantitative estimate of drug-likeness (QED) is 0.405. The van der Waals surface area contributed by atoms with Gasteiger partial charge in [-0.3, -0.25) is 14.9 Å². The number of carbonyl (C=O) groups is 2. The predicted molar refractivity (Wildman–Crippen MR) is 115 cm³/mol. The summed E-state index contributed by atoms with van der Waals surface area (Å²) in [6.07, 6.45) is 0. The van der Waals surface area contributed by atoms with Crippen LogP contribution in [0.4, 0.5) is 17.1 Å². The first-order valence-corrected chi connectivity index (χ1v) is 9.71. The number of amides is 1. The molecule has 31 heavy (non-hydrogen) atoms. The van der Waals surface area contributed by atoms with Gasteiger partial charge in [0.25, 0.3) is 5.91 Å². The van der Waals surface area contributed by atoms with Gasteiger partial charge < -0.3 is 24.6 Å². The first-order chi connectivity index (χ1) is 14.9. The van der Waals surface area contributed by atoms with E-state index < -0.39 is 23.4 Å². The van der Waals surface area contributed by atoms with Gasteiger partial charge in [0.15, 0.2) is 12.4 Å². The van der Waals surface area contributed by atoms with E-state index in [-0.39, 0.29) is 11.4 Å². The molecule has 0 bridgehead atoms. The van der Waals surface area contributed by atoms with Crippen molar-refractivity contribution in [2.24, 2.45) is 0 Å². The van der Waals surface area contributed by atoms with E-state index in [1.807, 2.05) is 7.05 Å². The highest BCUT2D eigenvalue weighted by Crippen LogP contribution is 2.29. The number of piperazine rings is 1. The minimum atomic E-state index is -0.571. The standard InChI is InChI=1S/C21H24N4O6/c1-23-9-11-24(12-10-23)17-8-7-15(21(27)30-2)13-16(17)22-20(26)14-31-19-6-4-3-5-18(19)25(28)29/h3-8,13H,9-12,14H2,1-2H3,(H,22,26). The average molecular weight is 428 g/mol. The van der Waals surface area contributed by atoms with Crippen LogP contribution in [0.15, 0.2) is 42.5 Å². The van der Waals surface area contributed by atoms with Gasteiger partial charge in [-0.2, -0.15) is 0 Å². The lowest BCUT2D eigenvalue weighted by Crippen LogP contribution is -2.44. The smallest absolute Gasteiger partial charge is 0.337 e. The van der Waals surface area contributed by atoms with Crippen LogP contribution in [0.25, 0.3) is 0 Å². The lowest BCUT2D eigenvalue weighted by molar-refractivity contribution is -0.385. The van der Waals surface area contributed by atoms with E-state index in [2.05, 4.69) is 15.1 Å². The fraction of sp³-hybridized carbons (Fsp3) is 0.333. The van der Waals surface area contributed by atoms with Gasteiger partial charge >= 0.3 is 11.7 Å². The Bertz CT molecular complexity index is 972. The average Bonchev–Trinajstić information content (AvgIpc) is 2.78. The summed E-state index contributed by atoms with van der Waals surface area (Å²) in [5.74, 6) is -1.02. The molecule has 1 amide bonds. The molecule has 1 N–H and O–H groups in total. The van der Waals surface area contributed by atoms with E-state index in [4.69, 9.17) is 9.47 Å². The van der Waals surface area contributed by atoms with Crippen molar-refractivity contribution in [2.75, 3.05) is 57.2 Å². The van der Waals surface area contributed by atoms with E-state index in [0.717, 1.165) is 31.9 Å². The number of esters is 1. The zero-order valence-corrected chi connectivity index (χ0v) is 17.4. The van der Waals surface area contributed by atoms with E-state index in [0.29, 0.717) is 11.3 Å². The molecule has 2 aromatic rings. The van der Waals surface area contributed by atoms with E-state index >= 15 is 0 Å². The summed E-state index contributed by atoms with van der Waals surface area (Å²) in [6, 6.07) is 10.8. The van der Waals surface area contributed by atoms with Gasteiger partial charge in [-0.15, -0.1) is 0 Å². The number of benzene rings is 2. The van der Waals surface area contributed by atoms with Gasteiger partial charge in [-0.25, -0.2) is 4.79 Å². The molecule has 0 unspecified atom stereocenters. The number of ether oxygens (including phenoxy) is 2. The van der Waals surface area contributed by atoms with Gasteiger partial charge in [-0.1, -0.05) is 12.1 Å². The minimum absolute atomic E-state index is 0.00486. The summed E-state index contributed by atoms with van der Waals surface area (Å²) in [5.41, 5.74) is 1.31. The van der Waals surface area contributed by atoms with Crippen LogP contribution < -0.4 is 15.0 Å². The van der Waals surface area contributed by atoms with Crippen molar-refractivity contribution < 1.29 is 24.0 Å². The van der Waals surface area contributed by atoms with Crippen molar-refractivity contribution >= 4 is 28.9 Å². The molecule has 0 aliphatic carbocycles. The lowest BCUT2D eigenvalue weighted by Gasteiger charge is -2.35. The summed E-state index contributed by atoms with van der Waals surface area (Å²) in [7, 11) is 3.33. The van der Waals surface area contributed by atoms with Crippen LogP contribution in [0.3, 0.4) is 0 Å². The van der Waals surface area contributed by atoms with E-state index in [1.54, 1.807) is 24.3 Å². The number of likely N-dealkylation sites (N-methyl/N-ethyl adjacent to an activating group) is 1. The molecule has 1 heterocycles. The molecule has 10 heteroatoms.